The van der Waals surface area contributed by atoms with Crippen LogP contribution in [0.3, 0.4) is 0 Å². The number of nitrogens with zero attached hydrogens (tertiary/aromatic N) is 4. The molecule has 0 saturated heterocycles. The van der Waals surface area contributed by atoms with Crippen LogP contribution in [0.5, 0.6) is 0 Å². The van der Waals surface area contributed by atoms with Gasteiger partial charge in [-0.3, -0.25) is 0 Å². The number of halogens is 2. The smallest absolute Gasteiger partial charge is 0.191 e. The number of guanidine groups is 1. The van der Waals surface area contributed by atoms with Crippen LogP contribution >= 0.6 is 23.2 Å². The first-order valence-corrected chi connectivity index (χ1v) is 9.21. The summed E-state index contributed by atoms with van der Waals surface area (Å²) in [4.78, 5) is 4.59. The quantitative estimate of drug-likeness (QED) is 0.385. The fraction of sp³-hybridized carbons (Fsp3) is 0.471. The highest BCUT2D eigenvalue weighted by Gasteiger charge is 2.04. The van der Waals surface area contributed by atoms with E-state index in [2.05, 4.69) is 32.7 Å². The van der Waals surface area contributed by atoms with Crippen LogP contribution in [-0.4, -0.2) is 47.5 Å². The lowest BCUT2D eigenvalue weighted by molar-refractivity contribution is 0.203. The van der Waals surface area contributed by atoms with Crippen LogP contribution in [-0.2, 0) is 24.2 Å². The standard InChI is InChI=1S/C17H24Cl2N6O/c1-3-16-24-23-12-25(16)8-6-20-17(21-7-9-26-2)22-11-13-4-5-14(18)10-15(13)19/h4-5,10,12H,3,6-9,11H2,1-2H3,(H2,20,21,22). The number of rotatable bonds is 9. The molecule has 0 aliphatic rings. The predicted molar refractivity (Wildman–Crippen MR) is 105 cm³/mol. The Morgan fingerprint density at radius 1 is 1.27 bits per heavy atom. The third-order valence-corrected chi connectivity index (χ3v) is 4.27. The van der Waals surface area contributed by atoms with Crippen LogP contribution in [0.4, 0.5) is 0 Å². The minimum absolute atomic E-state index is 0.450. The molecule has 0 bridgehead atoms. The van der Waals surface area contributed by atoms with Crippen molar-refractivity contribution in [2.24, 2.45) is 4.99 Å². The van der Waals surface area contributed by atoms with Crippen molar-refractivity contribution in [3.63, 3.8) is 0 Å². The Morgan fingerprint density at radius 3 is 2.81 bits per heavy atom. The molecular weight excluding hydrogens is 375 g/mol. The van der Waals surface area contributed by atoms with E-state index in [-0.39, 0.29) is 0 Å². The molecule has 142 valence electrons. The molecule has 7 nitrogen and oxygen atoms in total. The summed E-state index contributed by atoms with van der Waals surface area (Å²) in [5.74, 6) is 1.66. The Kier molecular flexibility index (Phi) is 8.67. The van der Waals surface area contributed by atoms with Gasteiger partial charge in [-0.15, -0.1) is 10.2 Å². The zero-order valence-corrected chi connectivity index (χ0v) is 16.5. The van der Waals surface area contributed by atoms with Crippen molar-refractivity contribution in [1.82, 2.24) is 25.4 Å². The molecule has 0 atom stereocenters. The average molecular weight is 399 g/mol. The van der Waals surface area contributed by atoms with Gasteiger partial charge in [-0.2, -0.15) is 0 Å². The summed E-state index contributed by atoms with van der Waals surface area (Å²) in [6, 6.07) is 5.41. The molecule has 0 aliphatic heterocycles. The van der Waals surface area contributed by atoms with Crippen LogP contribution in [0.1, 0.15) is 18.3 Å². The number of methoxy groups -OCH3 is 1. The van der Waals surface area contributed by atoms with E-state index in [0.717, 1.165) is 24.4 Å². The fourth-order valence-corrected chi connectivity index (χ4v) is 2.76. The van der Waals surface area contributed by atoms with Gasteiger partial charge >= 0.3 is 0 Å². The molecule has 1 aromatic heterocycles. The fourth-order valence-electron chi connectivity index (χ4n) is 2.29. The number of ether oxygens (including phenoxy) is 1. The van der Waals surface area contributed by atoms with Gasteiger partial charge in [-0.05, 0) is 17.7 Å². The normalized spacial score (nSPS) is 11.6. The predicted octanol–water partition coefficient (Wildman–Crippen LogP) is 2.53. The molecule has 0 aliphatic carbocycles. The Morgan fingerprint density at radius 2 is 2.08 bits per heavy atom. The summed E-state index contributed by atoms with van der Waals surface area (Å²) in [7, 11) is 1.66. The third kappa shape index (κ3) is 6.48. The maximum Gasteiger partial charge on any atom is 0.191 e. The zero-order chi connectivity index (χ0) is 18.8. The van der Waals surface area contributed by atoms with Crippen molar-refractivity contribution in [1.29, 1.82) is 0 Å². The van der Waals surface area contributed by atoms with Crippen molar-refractivity contribution < 1.29 is 4.74 Å². The lowest BCUT2D eigenvalue weighted by Crippen LogP contribution is -2.40. The number of nitrogens with one attached hydrogen (secondary N) is 2. The first-order chi connectivity index (χ1) is 12.6. The molecule has 26 heavy (non-hydrogen) atoms. The van der Waals surface area contributed by atoms with Crippen LogP contribution in [0.25, 0.3) is 0 Å². The molecular formula is C17H24Cl2N6O. The second kappa shape index (κ2) is 11.0. The maximum atomic E-state index is 6.21. The van der Waals surface area contributed by atoms with Crippen LogP contribution in [0.15, 0.2) is 29.5 Å². The van der Waals surface area contributed by atoms with E-state index in [1.54, 1.807) is 19.5 Å². The molecule has 2 N–H and O–H groups in total. The number of benzene rings is 1. The van der Waals surface area contributed by atoms with Crippen LogP contribution in [0, 0.1) is 0 Å². The van der Waals surface area contributed by atoms with Crippen molar-refractivity contribution in [2.45, 2.75) is 26.4 Å². The van der Waals surface area contributed by atoms with Gasteiger partial charge in [0.05, 0.1) is 13.2 Å². The number of aromatic nitrogens is 3. The molecule has 0 fully saturated rings. The lowest BCUT2D eigenvalue weighted by Gasteiger charge is -2.13. The number of aliphatic imine (C=N–C) groups is 1. The minimum Gasteiger partial charge on any atom is -0.383 e. The molecule has 2 aromatic rings. The first kappa shape index (κ1) is 20.5. The molecule has 1 heterocycles. The summed E-state index contributed by atoms with van der Waals surface area (Å²) in [5, 5.41) is 15.8. The van der Waals surface area contributed by atoms with Gasteiger partial charge < -0.3 is 19.9 Å². The van der Waals surface area contributed by atoms with Crippen molar-refractivity contribution in [2.75, 3.05) is 26.8 Å². The molecule has 0 amide bonds. The second-order valence-electron chi connectivity index (χ2n) is 5.54. The number of hydrogen-bond acceptors (Lipinski definition) is 4. The summed E-state index contributed by atoms with van der Waals surface area (Å²) < 4.78 is 7.10. The Bertz CT molecular complexity index is 719. The van der Waals surface area contributed by atoms with Gasteiger partial charge in [0.15, 0.2) is 5.96 Å². The average Bonchev–Trinajstić information content (AvgIpc) is 3.08. The van der Waals surface area contributed by atoms with E-state index in [4.69, 9.17) is 27.9 Å². The van der Waals surface area contributed by atoms with Crippen molar-refractivity contribution in [3.8, 4) is 0 Å². The van der Waals surface area contributed by atoms with Gasteiger partial charge in [-0.1, -0.05) is 36.2 Å². The largest absolute Gasteiger partial charge is 0.383 e. The Balaban J connectivity index is 1.95. The SMILES string of the molecule is CCc1nncn1CCNC(=NCc1ccc(Cl)cc1Cl)NCCOC. The molecule has 9 heteroatoms. The lowest BCUT2D eigenvalue weighted by atomic mass is 10.2. The second-order valence-corrected chi connectivity index (χ2v) is 6.38. The Labute approximate surface area is 163 Å². The van der Waals surface area contributed by atoms with Gasteiger partial charge in [0.25, 0.3) is 0 Å². The monoisotopic (exact) mass is 398 g/mol. The van der Waals surface area contributed by atoms with Crippen molar-refractivity contribution in [3.05, 3.63) is 46.0 Å². The topological polar surface area (TPSA) is 76.4 Å². The van der Waals surface area contributed by atoms with E-state index in [1.807, 2.05) is 16.7 Å². The minimum atomic E-state index is 0.450. The summed E-state index contributed by atoms with van der Waals surface area (Å²) in [5.41, 5.74) is 0.913. The molecule has 2 rings (SSSR count). The molecule has 0 spiro atoms. The van der Waals surface area contributed by atoms with Crippen LogP contribution in [0.2, 0.25) is 10.0 Å². The maximum absolute atomic E-state index is 6.21. The van der Waals surface area contributed by atoms with Crippen LogP contribution < -0.4 is 10.6 Å². The highest BCUT2D eigenvalue weighted by Crippen LogP contribution is 2.21. The molecule has 0 unspecified atom stereocenters. The molecule has 0 saturated carbocycles. The molecule has 1 aromatic carbocycles. The van der Waals surface area contributed by atoms with E-state index in [9.17, 15) is 0 Å². The third-order valence-electron chi connectivity index (χ3n) is 3.68. The first-order valence-electron chi connectivity index (χ1n) is 8.45. The number of hydrogen-bond donors (Lipinski definition) is 2. The summed E-state index contributed by atoms with van der Waals surface area (Å²) in [6.07, 6.45) is 2.59. The van der Waals surface area contributed by atoms with E-state index in [0.29, 0.717) is 42.2 Å². The van der Waals surface area contributed by atoms with Crippen molar-refractivity contribution >= 4 is 29.2 Å². The van der Waals surface area contributed by atoms with Gasteiger partial charge in [0, 0.05) is 43.2 Å². The number of aryl methyl sites for hydroxylation is 1. The zero-order valence-electron chi connectivity index (χ0n) is 15.0. The summed E-state index contributed by atoms with van der Waals surface area (Å²) >= 11 is 12.1. The van der Waals surface area contributed by atoms with Gasteiger partial charge in [0.2, 0.25) is 0 Å². The van der Waals surface area contributed by atoms with E-state index < -0.39 is 0 Å². The highest BCUT2D eigenvalue weighted by atomic mass is 35.5. The van der Waals surface area contributed by atoms with Gasteiger partial charge in [-0.25, -0.2) is 4.99 Å². The van der Waals surface area contributed by atoms with E-state index in [1.165, 1.54) is 0 Å². The van der Waals surface area contributed by atoms with E-state index >= 15 is 0 Å². The Hall–Kier alpha value is -1.83. The molecule has 0 radical (unpaired) electrons. The highest BCUT2D eigenvalue weighted by molar-refractivity contribution is 6.35. The van der Waals surface area contributed by atoms with Gasteiger partial charge in [0.1, 0.15) is 12.2 Å². The summed E-state index contributed by atoms with van der Waals surface area (Å²) in [6.45, 7) is 5.20.